The molecule has 0 aromatic heterocycles. The van der Waals surface area contributed by atoms with Gasteiger partial charge in [0, 0.05) is 13.0 Å². The van der Waals surface area contributed by atoms with Gasteiger partial charge < -0.3 is 9.64 Å². The molecular formula is C11H10Cl3NOS. The number of hydrogen-bond donors (Lipinski definition) is 0. The van der Waals surface area contributed by atoms with Crippen molar-refractivity contribution in [3.63, 3.8) is 0 Å². The van der Waals surface area contributed by atoms with Gasteiger partial charge in [0.2, 0.25) is 0 Å². The predicted octanol–water partition coefficient (Wildman–Crippen LogP) is 3.97. The van der Waals surface area contributed by atoms with E-state index in [1.165, 1.54) is 0 Å². The third-order valence-corrected chi connectivity index (χ3v) is 3.69. The van der Waals surface area contributed by atoms with Crippen molar-refractivity contribution in [1.29, 1.82) is 0 Å². The van der Waals surface area contributed by atoms with Gasteiger partial charge in [0.05, 0.1) is 16.6 Å². The van der Waals surface area contributed by atoms with E-state index in [0.717, 1.165) is 13.0 Å². The molecular weight excluding hydrogens is 301 g/mol. The molecule has 1 heterocycles. The van der Waals surface area contributed by atoms with Crippen molar-refractivity contribution in [3.8, 4) is 5.75 Å². The number of halogens is 3. The Labute approximate surface area is 120 Å². The lowest BCUT2D eigenvalue weighted by Gasteiger charge is -2.17. The first kappa shape index (κ1) is 13.2. The molecule has 92 valence electrons. The van der Waals surface area contributed by atoms with Crippen LogP contribution in [0.4, 0.5) is 0 Å². The molecule has 0 radical (unpaired) electrons. The Kier molecular flexibility index (Phi) is 4.36. The maximum atomic E-state index is 6.03. The summed E-state index contributed by atoms with van der Waals surface area (Å²) in [7, 11) is 0. The maximum Gasteiger partial charge on any atom is 0.170 e. The van der Waals surface area contributed by atoms with Crippen LogP contribution in [0.1, 0.15) is 6.42 Å². The number of thiocarbonyl (C=S) groups is 1. The average molecular weight is 311 g/mol. The van der Waals surface area contributed by atoms with Crippen LogP contribution >= 0.6 is 47.0 Å². The molecule has 2 nitrogen and oxygen atoms in total. The highest BCUT2D eigenvalue weighted by molar-refractivity contribution is 7.83. The second-order valence-electron chi connectivity index (χ2n) is 3.78. The largest absolute Gasteiger partial charge is 0.485 e. The van der Waals surface area contributed by atoms with Crippen molar-refractivity contribution >= 4 is 51.5 Å². The number of ether oxygens (including phenoxy) is 1. The predicted molar refractivity (Wildman–Crippen MR) is 75.5 cm³/mol. The van der Waals surface area contributed by atoms with E-state index in [1.54, 1.807) is 18.2 Å². The van der Waals surface area contributed by atoms with Crippen LogP contribution in [0.5, 0.6) is 5.75 Å². The van der Waals surface area contributed by atoms with E-state index in [0.29, 0.717) is 26.8 Å². The van der Waals surface area contributed by atoms with Gasteiger partial charge in [0.15, 0.2) is 10.2 Å². The third-order valence-electron chi connectivity index (χ3n) is 2.60. The van der Waals surface area contributed by atoms with Gasteiger partial charge in [-0.2, -0.15) is 0 Å². The summed E-state index contributed by atoms with van der Waals surface area (Å²) in [5.74, 6) is 0.531. The molecule has 2 rings (SSSR count). The van der Waals surface area contributed by atoms with Crippen molar-refractivity contribution in [2.75, 3.05) is 13.1 Å². The summed E-state index contributed by atoms with van der Waals surface area (Å²) in [5, 5.41) is 1.04. The van der Waals surface area contributed by atoms with E-state index >= 15 is 0 Å². The molecule has 17 heavy (non-hydrogen) atoms. The van der Waals surface area contributed by atoms with Crippen LogP contribution in [-0.2, 0) is 0 Å². The molecule has 0 bridgehead atoms. The smallest absolute Gasteiger partial charge is 0.170 e. The van der Waals surface area contributed by atoms with Crippen LogP contribution in [0.15, 0.2) is 18.2 Å². The highest BCUT2D eigenvalue weighted by atomic mass is 35.5. The standard InChI is InChI=1S/C11H10Cl3NOS/c12-8-2-1-3-9(13)10(8)16-7-4-5-15(6-7)11(14)17/h1-3,7H,4-6H2. The molecule has 0 saturated carbocycles. The minimum Gasteiger partial charge on any atom is -0.485 e. The number of hydrogen-bond acceptors (Lipinski definition) is 2. The van der Waals surface area contributed by atoms with Gasteiger partial charge in [-0.1, -0.05) is 40.9 Å². The molecule has 0 N–H and O–H groups in total. The summed E-state index contributed by atoms with van der Waals surface area (Å²) in [4.78, 5) is 1.90. The highest BCUT2D eigenvalue weighted by Gasteiger charge is 2.26. The van der Waals surface area contributed by atoms with Crippen LogP contribution in [0.25, 0.3) is 0 Å². The van der Waals surface area contributed by atoms with Crippen LogP contribution in [-0.4, -0.2) is 28.5 Å². The Morgan fingerprint density at radius 3 is 2.53 bits per heavy atom. The number of benzene rings is 1. The minimum absolute atomic E-state index is 0.0177. The molecule has 0 spiro atoms. The number of nitrogens with zero attached hydrogens (tertiary/aromatic N) is 1. The molecule has 1 unspecified atom stereocenters. The van der Waals surface area contributed by atoms with Gasteiger partial charge >= 0.3 is 0 Å². The normalized spacial score (nSPS) is 19.5. The summed E-state index contributed by atoms with van der Waals surface area (Å²) in [6, 6.07) is 5.29. The SMILES string of the molecule is S=C(Cl)N1CCC(Oc2c(Cl)cccc2Cl)C1. The van der Waals surface area contributed by atoms with E-state index < -0.39 is 0 Å². The summed E-state index contributed by atoms with van der Waals surface area (Å²) in [5.41, 5.74) is 0. The summed E-state index contributed by atoms with van der Waals surface area (Å²) in [6.07, 6.45) is 0.873. The first-order chi connectivity index (χ1) is 8.08. The van der Waals surface area contributed by atoms with Gasteiger partial charge in [-0.3, -0.25) is 0 Å². The second-order valence-corrected chi connectivity index (χ2v) is 5.56. The second kappa shape index (κ2) is 5.61. The fraction of sp³-hybridized carbons (Fsp3) is 0.364. The lowest BCUT2D eigenvalue weighted by Crippen LogP contribution is -2.26. The Hall–Kier alpha value is -0.220. The van der Waals surface area contributed by atoms with Crippen molar-refractivity contribution in [2.24, 2.45) is 0 Å². The van der Waals surface area contributed by atoms with Crippen LogP contribution in [0.3, 0.4) is 0 Å². The Balaban J connectivity index is 2.05. The summed E-state index contributed by atoms with van der Waals surface area (Å²) in [6.45, 7) is 1.47. The van der Waals surface area contributed by atoms with Crippen LogP contribution in [0, 0.1) is 0 Å². The lowest BCUT2D eigenvalue weighted by molar-refractivity contribution is 0.215. The zero-order valence-electron chi connectivity index (χ0n) is 8.83. The molecule has 1 aliphatic rings. The van der Waals surface area contributed by atoms with E-state index in [9.17, 15) is 0 Å². The number of para-hydroxylation sites is 1. The Bertz CT molecular complexity index is 420. The lowest BCUT2D eigenvalue weighted by atomic mass is 10.3. The van der Waals surface area contributed by atoms with Crippen molar-refractivity contribution < 1.29 is 4.74 Å². The topological polar surface area (TPSA) is 12.5 Å². The zero-order chi connectivity index (χ0) is 12.4. The fourth-order valence-corrected chi connectivity index (χ4v) is 2.55. The zero-order valence-corrected chi connectivity index (χ0v) is 11.9. The molecule has 1 aromatic carbocycles. The molecule has 1 aliphatic heterocycles. The van der Waals surface area contributed by atoms with E-state index in [2.05, 4.69) is 0 Å². The third kappa shape index (κ3) is 3.16. The number of likely N-dealkylation sites (tertiary alicyclic amines) is 1. The van der Waals surface area contributed by atoms with Gasteiger partial charge in [-0.05, 0) is 24.4 Å². The highest BCUT2D eigenvalue weighted by Crippen LogP contribution is 2.34. The quantitative estimate of drug-likeness (QED) is 0.466. The average Bonchev–Trinajstić information content (AvgIpc) is 2.72. The van der Waals surface area contributed by atoms with Crippen molar-refractivity contribution in [1.82, 2.24) is 4.90 Å². The van der Waals surface area contributed by atoms with E-state index in [4.69, 9.17) is 51.8 Å². The first-order valence-corrected chi connectivity index (χ1v) is 6.67. The van der Waals surface area contributed by atoms with Crippen molar-refractivity contribution in [3.05, 3.63) is 28.2 Å². The molecule has 1 fully saturated rings. The molecule has 0 amide bonds. The van der Waals surface area contributed by atoms with Gasteiger partial charge in [0.25, 0.3) is 0 Å². The summed E-state index contributed by atoms with van der Waals surface area (Å²) < 4.78 is 6.17. The van der Waals surface area contributed by atoms with E-state index in [1.807, 2.05) is 4.90 Å². The number of rotatable bonds is 2. The van der Waals surface area contributed by atoms with Crippen molar-refractivity contribution in [2.45, 2.75) is 12.5 Å². The van der Waals surface area contributed by atoms with E-state index in [-0.39, 0.29) is 6.10 Å². The molecule has 6 heteroatoms. The van der Waals surface area contributed by atoms with Crippen LogP contribution < -0.4 is 4.74 Å². The van der Waals surface area contributed by atoms with Gasteiger partial charge in [-0.15, -0.1) is 0 Å². The first-order valence-electron chi connectivity index (χ1n) is 5.13. The van der Waals surface area contributed by atoms with Gasteiger partial charge in [0.1, 0.15) is 6.10 Å². The molecule has 0 aliphatic carbocycles. The molecule has 1 aromatic rings. The summed E-state index contributed by atoms with van der Waals surface area (Å²) >= 11 is 22.7. The van der Waals surface area contributed by atoms with Gasteiger partial charge in [-0.25, -0.2) is 0 Å². The fourth-order valence-electron chi connectivity index (χ4n) is 1.75. The Morgan fingerprint density at radius 1 is 1.35 bits per heavy atom. The minimum atomic E-state index is 0.0177. The Morgan fingerprint density at radius 2 is 2.00 bits per heavy atom. The van der Waals surface area contributed by atoms with Crippen LogP contribution in [0.2, 0.25) is 10.0 Å². The molecule has 1 atom stereocenters. The maximum absolute atomic E-state index is 6.03. The monoisotopic (exact) mass is 309 g/mol. The molecule has 1 saturated heterocycles.